The maximum absolute atomic E-state index is 2.25. The summed E-state index contributed by atoms with van der Waals surface area (Å²) < 4.78 is 0. The fourth-order valence-corrected chi connectivity index (χ4v) is 2.80. The molecule has 1 aromatic heterocycles. The summed E-state index contributed by atoms with van der Waals surface area (Å²) in [6.07, 6.45) is 0. The van der Waals surface area contributed by atoms with Gasteiger partial charge in [0.25, 0.3) is 0 Å². The van der Waals surface area contributed by atoms with Gasteiger partial charge < -0.3 is 0 Å². The van der Waals surface area contributed by atoms with Crippen LogP contribution in [0.3, 0.4) is 0 Å². The van der Waals surface area contributed by atoms with Crippen molar-refractivity contribution in [1.29, 1.82) is 0 Å². The highest BCUT2D eigenvalue weighted by Crippen LogP contribution is 2.35. The van der Waals surface area contributed by atoms with Crippen LogP contribution >= 0.6 is 23.1 Å². The van der Waals surface area contributed by atoms with Crippen molar-refractivity contribution in [3.05, 3.63) is 22.4 Å². The quantitative estimate of drug-likeness (QED) is 0.602. The Labute approximate surface area is 63.3 Å². The third-order valence-electron chi connectivity index (χ3n) is 1.58. The molecule has 0 N–H and O–H groups in total. The third-order valence-corrected chi connectivity index (χ3v) is 3.89. The first kappa shape index (κ1) is 5.81. The first-order valence-corrected chi connectivity index (χ1v) is 5.11. The molecule has 0 aromatic carbocycles. The van der Waals surface area contributed by atoms with Gasteiger partial charge in [-0.1, -0.05) is 6.07 Å². The number of rotatable bonds is 1. The average Bonchev–Trinajstić information content (AvgIpc) is 2.11. The molecule has 0 spiro atoms. The minimum Gasteiger partial charge on any atom is -0.161 e. The van der Waals surface area contributed by atoms with E-state index in [1.807, 2.05) is 11.3 Å². The molecule has 1 saturated heterocycles. The van der Waals surface area contributed by atoms with Gasteiger partial charge in [-0.05, 0) is 11.4 Å². The first-order chi connectivity index (χ1) is 4.47. The van der Waals surface area contributed by atoms with Gasteiger partial charge in [-0.3, -0.25) is 0 Å². The van der Waals surface area contributed by atoms with Crippen molar-refractivity contribution in [2.75, 3.05) is 11.5 Å². The van der Waals surface area contributed by atoms with E-state index in [0.29, 0.717) is 0 Å². The smallest absolute Gasteiger partial charge is 0.0114 e. The van der Waals surface area contributed by atoms with Gasteiger partial charge in [0.1, 0.15) is 0 Å². The third kappa shape index (κ3) is 1.01. The topological polar surface area (TPSA) is 0 Å². The zero-order valence-electron chi connectivity index (χ0n) is 5.04. The van der Waals surface area contributed by atoms with Gasteiger partial charge in [0, 0.05) is 22.3 Å². The molecular weight excluding hydrogens is 148 g/mol. The summed E-state index contributed by atoms with van der Waals surface area (Å²) in [4.78, 5) is 1.58. The first-order valence-electron chi connectivity index (χ1n) is 3.08. The van der Waals surface area contributed by atoms with Crippen molar-refractivity contribution >= 4 is 23.1 Å². The summed E-state index contributed by atoms with van der Waals surface area (Å²) in [7, 11) is 0. The Kier molecular flexibility index (Phi) is 1.52. The molecule has 0 radical (unpaired) electrons. The predicted octanol–water partition coefficient (Wildman–Crippen LogP) is 2.58. The Morgan fingerprint density at radius 3 is 2.78 bits per heavy atom. The molecule has 1 fully saturated rings. The molecule has 2 heterocycles. The lowest BCUT2D eigenvalue weighted by Crippen LogP contribution is -2.13. The number of hydrogen-bond donors (Lipinski definition) is 0. The maximum Gasteiger partial charge on any atom is 0.0114 e. The zero-order valence-corrected chi connectivity index (χ0v) is 6.67. The van der Waals surface area contributed by atoms with Gasteiger partial charge in [-0.25, -0.2) is 0 Å². The zero-order chi connectivity index (χ0) is 6.10. The molecule has 1 aliphatic heterocycles. The van der Waals surface area contributed by atoms with E-state index in [2.05, 4.69) is 29.3 Å². The fourth-order valence-electron chi connectivity index (χ4n) is 0.924. The Morgan fingerprint density at radius 2 is 2.33 bits per heavy atom. The average molecular weight is 156 g/mol. The Morgan fingerprint density at radius 1 is 1.44 bits per heavy atom. The van der Waals surface area contributed by atoms with Gasteiger partial charge in [0.15, 0.2) is 0 Å². The Hall–Kier alpha value is 0.0500. The molecule has 0 amide bonds. The summed E-state index contributed by atoms with van der Waals surface area (Å²) in [6, 6.07) is 4.39. The molecule has 48 valence electrons. The maximum atomic E-state index is 2.25. The van der Waals surface area contributed by atoms with Crippen LogP contribution in [-0.4, -0.2) is 11.5 Å². The van der Waals surface area contributed by atoms with E-state index in [1.54, 1.807) is 4.88 Å². The number of thiophene rings is 1. The summed E-state index contributed by atoms with van der Waals surface area (Å²) in [5, 5.41) is 2.16. The van der Waals surface area contributed by atoms with Crippen molar-refractivity contribution in [2.45, 2.75) is 5.92 Å². The van der Waals surface area contributed by atoms with E-state index < -0.39 is 0 Å². The van der Waals surface area contributed by atoms with E-state index in [0.717, 1.165) is 5.92 Å². The minimum atomic E-state index is 0.898. The van der Waals surface area contributed by atoms with Crippen molar-refractivity contribution < 1.29 is 0 Å². The number of thioether (sulfide) groups is 1. The monoisotopic (exact) mass is 156 g/mol. The molecule has 2 heteroatoms. The minimum absolute atomic E-state index is 0.898. The Balaban J connectivity index is 2.14. The van der Waals surface area contributed by atoms with Crippen molar-refractivity contribution in [2.24, 2.45) is 0 Å². The van der Waals surface area contributed by atoms with Crippen LogP contribution in [-0.2, 0) is 0 Å². The van der Waals surface area contributed by atoms with E-state index in [9.17, 15) is 0 Å². The predicted molar refractivity (Wildman–Crippen MR) is 44.4 cm³/mol. The molecule has 0 saturated carbocycles. The van der Waals surface area contributed by atoms with Gasteiger partial charge in [-0.2, -0.15) is 11.8 Å². The van der Waals surface area contributed by atoms with Gasteiger partial charge in [0.05, 0.1) is 0 Å². The largest absolute Gasteiger partial charge is 0.161 e. The fraction of sp³-hybridized carbons (Fsp3) is 0.429. The lowest BCUT2D eigenvalue weighted by molar-refractivity contribution is 0.871. The molecule has 0 atom stereocenters. The van der Waals surface area contributed by atoms with E-state index in [1.165, 1.54) is 11.5 Å². The highest BCUT2D eigenvalue weighted by atomic mass is 32.2. The standard InChI is InChI=1S/C7H8S2/c1-2-7(9-3-1)6-4-8-5-6/h1-3,6H,4-5H2. The van der Waals surface area contributed by atoms with Crippen LogP contribution in [0.25, 0.3) is 0 Å². The molecular formula is C7H8S2. The van der Waals surface area contributed by atoms with Gasteiger partial charge in [0.2, 0.25) is 0 Å². The van der Waals surface area contributed by atoms with Crippen LogP contribution in [0.5, 0.6) is 0 Å². The van der Waals surface area contributed by atoms with E-state index >= 15 is 0 Å². The normalized spacial score (nSPS) is 19.6. The summed E-state index contributed by atoms with van der Waals surface area (Å²) in [6.45, 7) is 0. The second-order valence-electron chi connectivity index (χ2n) is 2.25. The molecule has 0 aliphatic carbocycles. The van der Waals surface area contributed by atoms with E-state index in [4.69, 9.17) is 0 Å². The highest BCUT2D eigenvalue weighted by Gasteiger charge is 2.20. The molecule has 9 heavy (non-hydrogen) atoms. The van der Waals surface area contributed by atoms with E-state index in [-0.39, 0.29) is 0 Å². The van der Waals surface area contributed by atoms with Crippen LogP contribution in [0.4, 0.5) is 0 Å². The SMILES string of the molecule is c1csc(C2CSC2)c1. The molecule has 2 rings (SSSR count). The van der Waals surface area contributed by atoms with Crippen LogP contribution in [0.2, 0.25) is 0 Å². The van der Waals surface area contributed by atoms with Crippen LogP contribution in [0, 0.1) is 0 Å². The van der Waals surface area contributed by atoms with Crippen LogP contribution in [0.15, 0.2) is 17.5 Å². The summed E-state index contributed by atoms with van der Waals surface area (Å²) in [5.74, 6) is 3.59. The lowest BCUT2D eigenvalue weighted by atomic mass is 10.2. The summed E-state index contributed by atoms with van der Waals surface area (Å²) >= 11 is 3.94. The van der Waals surface area contributed by atoms with Crippen molar-refractivity contribution in [3.8, 4) is 0 Å². The lowest BCUT2D eigenvalue weighted by Gasteiger charge is -2.23. The molecule has 0 nitrogen and oxygen atoms in total. The molecule has 0 unspecified atom stereocenters. The van der Waals surface area contributed by atoms with Crippen molar-refractivity contribution in [3.63, 3.8) is 0 Å². The van der Waals surface area contributed by atoms with Crippen LogP contribution in [0.1, 0.15) is 10.8 Å². The molecule has 1 aliphatic rings. The van der Waals surface area contributed by atoms with Crippen LogP contribution < -0.4 is 0 Å². The summed E-state index contributed by atoms with van der Waals surface area (Å²) in [5.41, 5.74) is 0. The second-order valence-corrected chi connectivity index (χ2v) is 4.30. The number of hydrogen-bond acceptors (Lipinski definition) is 2. The van der Waals surface area contributed by atoms with Gasteiger partial charge >= 0.3 is 0 Å². The Bertz CT molecular complexity index is 175. The molecule has 0 bridgehead atoms. The second kappa shape index (κ2) is 2.35. The van der Waals surface area contributed by atoms with Crippen molar-refractivity contribution in [1.82, 2.24) is 0 Å². The highest BCUT2D eigenvalue weighted by molar-refractivity contribution is 8.00. The molecule has 1 aromatic rings. The van der Waals surface area contributed by atoms with Gasteiger partial charge in [-0.15, -0.1) is 11.3 Å².